The van der Waals surface area contributed by atoms with Gasteiger partial charge in [0.25, 0.3) is 0 Å². The lowest BCUT2D eigenvalue weighted by molar-refractivity contribution is 0.0978. The van der Waals surface area contributed by atoms with Crippen LogP contribution in [-0.2, 0) is 0 Å². The first-order valence-corrected chi connectivity index (χ1v) is 7.92. The van der Waals surface area contributed by atoms with Gasteiger partial charge < -0.3 is 11.5 Å². The van der Waals surface area contributed by atoms with Crippen molar-refractivity contribution in [2.24, 2.45) is 5.73 Å². The Balaban J connectivity index is 2.19. The summed E-state index contributed by atoms with van der Waals surface area (Å²) in [4.78, 5) is 25.7. The third-order valence-corrected chi connectivity index (χ3v) is 4.41. The molecule has 4 heteroatoms. The molecule has 4 N–H and O–H groups in total. The summed E-state index contributed by atoms with van der Waals surface area (Å²) in [5, 5.41) is 0. The Morgan fingerprint density at radius 1 is 0.957 bits per heavy atom. The highest BCUT2D eigenvalue weighted by atomic mass is 16.1. The third kappa shape index (κ3) is 2.45. The molecule has 0 amide bonds. The first-order valence-electron chi connectivity index (χ1n) is 7.92. The molecular weight excluding hydrogens is 288 g/mol. The zero-order valence-electron chi connectivity index (χ0n) is 13.1. The van der Waals surface area contributed by atoms with Crippen molar-refractivity contribution in [1.29, 1.82) is 0 Å². The minimum absolute atomic E-state index is 0.163. The molecule has 0 aromatic heterocycles. The molecule has 23 heavy (non-hydrogen) atoms. The summed E-state index contributed by atoms with van der Waals surface area (Å²) in [6, 6.07) is 10.1. The second-order valence-corrected chi connectivity index (χ2v) is 5.95. The lowest BCUT2D eigenvalue weighted by atomic mass is 9.79. The number of rotatable bonds is 4. The summed E-state index contributed by atoms with van der Waals surface area (Å²) in [5.41, 5.74) is 14.9. The quantitative estimate of drug-likeness (QED) is 0.724. The molecule has 1 unspecified atom stereocenters. The van der Waals surface area contributed by atoms with Crippen LogP contribution in [0.3, 0.4) is 0 Å². The van der Waals surface area contributed by atoms with Gasteiger partial charge in [0.2, 0.25) is 0 Å². The molecule has 3 rings (SSSR count). The second kappa shape index (κ2) is 5.97. The monoisotopic (exact) mass is 308 g/mol. The van der Waals surface area contributed by atoms with Gasteiger partial charge >= 0.3 is 0 Å². The second-order valence-electron chi connectivity index (χ2n) is 5.95. The average molecular weight is 308 g/mol. The van der Waals surface area contributed by atoms with E-state index in [4.69, 9.17) is 11.5 Å². The van der Waals surface area contributed by atoms with Gasteiger partial charge in [0.1, 0.15) is 0 Å². The van der Waals surface area contributed by atoms with Gasteiger partial charge in [-0.25, -0.2) is 0 Å². The number of hydrogen-bond acceptors (Lipinski definition) is 4. The number of nitrogen functional groups attached to an aromatic ring is 1. The van der Waals surface area contributed by atoms with Crippen LogP contribution in [0.15, 0.2) is 36.4 Å². The van der Waals surface area contributed by atoms with Crippen molar-refractivity contribution in [2.75, 3.05) is 5.73 Å². The van der Waals surface area contributed by atoms with Gasteiger partial charge in [0, 0.05) is 28.4 Å². The summed E-state index contributed by atoms with van der Waals surface area (Å²) in [7, 11) is 0. The van der Waals surface area contributed by atoms with Crippen LogP contribution in [-0.4, -0.2) is 11.6 Å². The molecule has 0 saturated heterocycles. The smallest absolute Gasteiger partial charge is 0.196 e. The Morgan fingerprint density at radius 3 is 2.17 bits per heavy atom. The van der Waals surface area contributed by atoms with E-state index in [2.05, 4.69) is 6.92 Å². The number of carbonyl (C=O) groups excluding carboxylic acids is 2. The molecule has 0 heterocycles. The van der Waals surface area contributed by atoms with Gasteiger partial charge in [-0.3, -0.25) is 9.59 Å². The van der Waals surface area contributed by atoms with E-state index in [-0.39, 0.29) is 17.6 Å². The molecule has 0 bridgehead atoms. The van der Waals surface area contributed by atoms with Gasteiger partial charge in [0.05, 0.1) is 5.56 Å². The Labute approximate surface area is 135 Å². The normalized spacial score (nSPS) is 14.3. The van der Waals surface area contributed by atoms with Gasteiger partial charge in [-0.1, -0.05) is 50.1 Å². The molecule has 2 aromatic rings. The van der Waals surface area contributed by atoms with Crippen LogP contribution in [0.25, 0.3) is 0 Å². The molecule has 1 aliphatic rings. The standard InChI is InChI=1S/C19H20N2O2/c1-2-3-8-14(20)13-9-10-15(21)17-16(13)18(22)11-6-4-5-7-12(11)19(17)23/h4-7,9-10,14H,2-3,8,20-21H2,1H3. The summed E-state index contributed by atoms with van der Waals surface area (Å²) in [6.07, 6.45) is 2.77. The molecule has 2 aromatic carbocycles. The van der Waals surface area contributed by atoms with E-state index in [1.165, 1.54) is 0 Å². The molecule has 1 aliphatic carbocycles. The predicted molar refractivity (Wildman–Crippen MR) is 90.6 cm³/mol. The highest BCUT2D eigenvalue weighted by Crippen LogP contribution is 2.35. The number of anilines is 1. The molecule has 0 radical (unpaired) electrons. The SMILES string of the molecule is CCCCC(N)c1ccc(N)c2c1C(=O)c1ccccc1C2=O. The van der Waals surface area contributed by atoms with E-state index in [9.17, 15) is 9.59 Å². The van der Waals surface area contributed by atoms with E-state index < -0.39 is 0 Å². The predicted octanol–water partition coefficient (Wildman–Crippen LogP) is 3.23. The number of nitrogens with two attached hydrogens (primary N) is 2. The fourth-order valence-corrected chi connectivity index (χ4v) is 3.16. The van der Waals surface area contributed by atoms with Gasteiger partial charge in [0.15, 0.2) is 11.6 Å². The van der Waals surface area contributed by atoms with Crippen LogP contribution in [0.4, 0.5) is 5.69 Å². The maximum absolute atomic E-state index is 12.9. The van der Waals surface area contributed by atoms with Crippen molar-refractivity contribution in [3.05, 3.63) is 64.2 Å². The largest absolute Gasteiger partial charge is 0.398 e. The fourth-order valence-electron chi connectivity index (χ4n) is 3.16. The highest BCUT2D eigenvalue weighted by Gasteiger charge is 2.34. The van der Waals surface area contributed by atoms with E-state index in [1.54, 1.807) is 36.4 Å². The molecular formula is C19H20N2O2. The first-order chi connectivity index (χ1) is 11.1. The fraction of sp³-hybridized carbons (Fsp3) is 0.263. The van der Waals surface area contributed by atoms with Crippen LogP contribution in [0.2, 0.25) is 0 Å². The maximum Gasteiger partial charge on any atom is 0.196 e. The average Bonchev–Trinajstić information content (AvgIpc) is 2.57. The van der Waals surface area contributed by atoms with Crippen molar-refractivity contribution in [2.45, 2.75) is 32.2 Å². The van der Waals surface area contributed by atoms with E-state index in [0.717, 1.165) is 24.8 Å². The Morgan fingerprint density at radius 2 is 1.57 bits per heavy atom. The molecule has 0 fully saturated rings. The van der Waals surface area contributed by atoms with Gasteiger partial charge in [-0.2, -0.15) is 0 Å². The van der Waals surface area contributed by atoms with E-state index >= 15 is 0 Å². The van der Waals surface area contributed by atoms with Crippen LogP contribution in [0.5, 0.6) is 0 Å². The Hall–Kier alpha value is -2.46. The summed E-state index contributed by atoms with van der Waals surface area (Å²) in [6.45, 7) is 2.09. The van der Waals surface area contributed by atoms with Crippen LogP contribution >= 0.6 is 0 Å². The zero-order valence-corrected chi connectivity index (χ0v) is 13.1. The third-order valence-electron chi connectivity index (χ3n) is 4.41. The van der Waals surface area contributed by atoms with Crippen LogP contribution in [0, 0.1) is 0 Å². The van der Waals surface area contributed by atoms with Crippen LogP contribution in [0.1, 0.15) is 69.6 Å². The molecule has 0 aliphatic heterocycles. The van der Waals surface area contributed by atoms with Crippen molar-refractivity contribution in [3.63, 3.8) is 0 Å². The minimum atomic E-state index is -0.272. The first kappa shape index (κ1) is 15.4. The lowest BCUT2D eigenvalue weighted by Crippen LogP contribution is -2.26. The van der Waals surface area contributed by atoms with Crippen molar-refractivity contribution in [3.8, 4) is 0 Å². The summed E-state index contributed by atoms with van der Waals surface area (Å²) < 4.78 is 0. The van der Waals surface area contributed by atoms with Crippen molar-refractivity contribution < 1.29 is 9.59 Å². The number of carbonyl (C=O) groups is 2. The number of fused-ring (bicyclic) bond motifs is 2. The summed E-state index contributed by atoms with van der Waals surface area (Å²) in [5.74, 6) is -0.360. The lowest BCUT2D eigenvalue weighted by Gasteiger charge is -2.24. The van der Waals surface area contributed by atoms with Crippen molar-refractivity contribution in [1.82, 2.24) is 0 Å². The van der Waals surface area contributed by atoms with Crippen LogP contribution < -0.4 is 11.5 Å². The molecule has 0 saturated carbocycles. The zero-order chi connectivity index (χ0) is 16.6. The van der Waals surface area contributed by atoms with Gasteiger partial charge in [-0.15, -0.1) is 0 Å². The van der Waals surface area contributed by atoms with E-state index in [1.807, 2.05) is 0 Å². The molecule has 4 nitrogen and oxygen atoms in total. The Bertz CT molecular complexity index is 796. The number of benzene rings is 2. The number of unbranched alkanes of at least 4 members (excludes halogenated alkanes) is 1. The molecule has 118 valence electrons. The Kier molecular flexibility index (Phi) is 4.01. The molecule has 1 atom stereocenters. The summed E-state index contributed by atoms with van der Waals surface area (Å²) >= 11 is 0. The number of ketones is 2. The van der Waals surface area contributed by atoms with E-state index in [0.29, 0.717) is 27.9 Å². The highest BCUT2D eigenvalue weighted by molar-refractivity contribution is 6.30. The van der Waals surface area contributed by atoms with Gasteiger partial charge in [-0.05, 0) is 18.1 Å². The minimum Gasteiger partial charge on any atom is -0.398 e. The number of hydrogen-bond donors (Lipinski definition) is 2. The topological polar surface area (TPSA) is 86.2 Å². The maximum atomic E-state index is 12.9. The molecule has 0 spiro atoms. The van der Waals surface area contributed by atoms with Crippen molar-refractivity contribution >= 4 is 17.3 Å².